The summed E-state index contributed by atoms with van der Waals surface area (Å²) in [5, 5.41) is 2.52. The molecule has 0 fully saturated rings. The van der Waals surface area contributed by atoms with E-state index in [-0.39, 0.29) is 6.10 Å². The van der Waals surface area contributed by atoms with Crippen LogP contribution < -0.4 is 10.1 Å². The van der Waals surface area contributed by atoms with Crippen molar-refractivity contribution in [2.75, 3.05) is 5.32 Å². The summed E-state index contributed by atoms with van der Waals surface area (Å²) in [4.78, 5) is 11.0. The van der Waals surface area contributed by atoms with Crippen LogP contribution in [0.2, 0.25) is 0 Å². The lowest BCUT2D eigenvalue weighted by Gasteiger charge is -2.13. The summed E-state index contributed by atoms with van der Waals surface area (Å²) in [6, 6.07) is 7.14. The van der Waals surface area contributed by atoms with Crippen LogP contribution in [-0.2, 0) is 4.74 Å². The molecule has 1 aromatic rings. The molecule has 0 heterocycles. The van der Waals surface area contributed by atoms with E-state index in [2.05, 4.69) is 17.2 Å². The third kappa shape index (κ3) is 3.50. The summed E-state index contributed by atoms with van der Waals surface area (Å²) in [6.45, 7) is 3.83. The molecule has 1 radical (unpaired) electrons. The molecule has 1 amide bonds. The van der Waals surface area contributed by atoms with Crippen LogP contribution >= 0.6 is 0 Å². The van der Waals surface area contributed by atoms with E-state index in [0.717, 1.165) is 0 Å². The Labute approximate surface area is 89.2 Å². The second-order valence-corrected chi connectivity index (χ2v) is 3.22. The van der Waals surface area contributed by atoms with Crippen LogP contribution in [0.25, 0.3) is 0 Å². The van der Waals surface area contributed by atoms with Crippen molar-refractivity contribution in [3.8, 4) is 5.75 Å². The fraction of sp³-hybridized carbons (Fsp3) is 0.273. The fourth-order valence-corrected chi connectivity index (χ4v) is 1.07. The van der Waals surface area contributed by atoms with Gasteiger partial charge < -0.3 is 9.47 Å². The molecule has 0 bridgehead atoms. The monoisotopic (exact) mass is 208 g/mol. The van der Waals surface area contributed by atoms with E-state index in [1.807, 2.05) is 19.9 Å². The van der Waals surface area contributed by atoms with Gasteiger partial charge in [-0.15, -0.1) is 0 Å². The number of nitrogens with one attached hydrogen (secondary N) is 1. The number of benzene rings is 1. The van der Waals surface area contributed by atoms with Crippen molar-refractivity contribution < 1.29 is 14.3 Å². The SMILES string of the molecule is [CH2]OC(=O)Nc1ccccc1OC(C)C. The number of para-hydroxylation sites is 2. The Kier molecular flexibility index (Phi) is 3.97. The van der Waals surface area contributed by atoms with E-state index in [9.17, 15) is 4.79 Å². The quantitative estimate of drug-likeness (QED) is 0.830. The minimum atomic E-state index is -0.616. The molecule has 1 N–H and O–H groups in total. The van der Waals surface area contributed by atoms with E-state index in [1.165, 1.54) is 0 Å². The number of amides is 1. The van der Waals surface area contributed by atoms with Gasteiger partial charge in [0, 0.05) is 0 Å². The third-order valence-corrected chi connectivity index (χ3v) is 1.62. The summed E-state index contributed by atoms with van der Waals surface area (Å²) in [7, 11) is 3.02. The van der Waals surface area contributed by atoms with E-state index < -0.39 is 6.09 Å². The second kappa shape index (κ2) is 5.24. The topological polar surface area (TPSA) is 47.6 Å². The number of hydrogen-bond donors (Lipinski definition) is 1. The number of hydrogen-bond acceptors (Lipinski definition) is 3. The Morgan fingerprint density at radius 2 is 2.07 bits per heavy atom. The van der Waals surface area contributed by atoms with E-state index in [1.54, 1.807) is 18.2 Å². The van der Waals surface area contributed by atoms with Crippen LogP contribution in [0.15, 0.2) is 24.3 Å². The molecule has 4 nitrogen and oxygen atoms in total. The van der Waals surface area contributed by atoms with Gasteiger partial charge in [-0.1, -0.05) is 12.1 Å². The molecule has 0 spiro atoms. The third-order valence-electron chi connectivity index (χ3n) is 1.62. The Bertz CT molecular complexity index is 336. The molecule has 1 rings (SSSR count). The van der Waals surface area contributed by atoms with Crippen molar-refractivity contribution >= 4 is 11.8 Å². The predicted molar refractivity (Wildman–Crippen MR) is 57.7 cm³/mol. The van der Waals surface area contributed by atoms with Crippen molar-refractivity contribution in [2.24, 2.45) is 0 Å². The van der Waals surface area contributed by atoms with E-state index in [0.29, 0.717) is 11.4 Å². The molecule has 1 aromatic carbocycles. The molecular weight excluding hydrogens is 194 g/mol. The second-order valence-electron chi connectivity index (χ2n) is 3.22. The summed E-state index contributed by atoms with van der Waals surface area (Å²) < 4.78 is 9.76. The van der Waals surface area contributed by atoms with Gasteiger partial charge in [0.15, 0.2) is 0 Å². The Morgan fingerprint density at radius 3 is 2.67 bits per heavy atom. The molecule has 81 valence electrons. The first-order valence-electron chi connectivity index (χ1n) is 4.62. The molecule has 15 heavy (non-hydrogen) atoms. The molecular formula is C11H14NO3. The highest BCUT2D eigenvalue weighted by Gasteiger charge is 2.07. The normalized spacial score (nSPS) is 9.87. The van der Waals surface area contributed by atoms with Crippen LogP contribution in [0, 0.1) is 7.11 Å². The van der Waals surface area contributed by atoms with Crippen LogP contribution in [0.3, 0.4) is 0 Å². The maximum absolute atomic E-state index is 11.0. The predicted octanol–water partition coefficient (Wildman–Crippen LogP) is 2.81. The standard InChI is InChI=1S/C11H14NO3/c1-8(2)15-10-7-5-4-6-9(10)12-11(13)14-3/h4-8H,3H2,1-2H3,(H,12,13). The first-order chi connectivity index (χ1) is 7.13. The minimum Gasteiger partial charge on any atom is -0.489 e. The Balaban J connectivity index is 2.81. The van der Waals surface area contributed by atoms with Crippen LogP contribution in [0.5, 0.6) is 5.75 Å². The molecule has 0 aliphatic heterocycles. The molecule has 4 heteroatoms. The number of rotatable bonds is 3. The van der Waals surface area contributed by atoms with E-state index in [4.69, 9.17) is 4.74 Å². The highest BCUT2D eigenvalue weighted by atomic mass is 16.5. The molecule has 0 saturated heterocycles. The summed E-state index contributed by atoms with van der Waals surface area (Å²) >= 11 is 0. The zero-order valence-corrected chi connectivity index (χ0v) is 8.82. The molecule has 0 aromatic heterocycles. The first-order valence-corrected chi connectivity index (χ1v) is 4.62. The highest BCUT2D eigenvalue weighted by molar-refractivity contribution is 5.86. The summed E-state index contributed by atoms with van der Waals surface area (Å²) in [6.07, 6.45) is -0.571. The number of carbonyl (C=O) groups is 1. The molecule has 0 aliphatic carbocycles. The van der Waals surface area contributed by atoms with Gasteiger partial charge in [-0.05, 0) is 26.0 Å². The molecule has 0 unspecified atom stereocenters. The first kappa shape index (κ1) is 11.4. The average molecular weight is 208 g/mol. The van der Waals surface area contributed by atoms with Crippen molar-refractivity contribution in [2.45, 2.75) is 20.0 Å². The van der Waals surface area contributed by atoms with Gasteiger partial charge in [0.1, 0.15) is 12.9 Å². The van der Waals surface area contributed by atoms with E-state index >= 15 is 0 Å². The maximum atomic E-state index is 11.0. The van der Waals surface area contributed by atoms with Gasteiger partial charge in [0.25, 0.3) is 0 Å². The van der Waals surface area contributed by atoms with Crippen molar-refractivity contribution in [1.82, 2.24) is 0 Å². The molecule has 0 aliphatic rings. The largest absolute Gasteiger partial charge is 0.489 e. The smallest absolute Gasteiger partial charge is 0.411 e. The maximum Gasteiger partial charge on any atom is 0.411 e. The van der Waals surface area contributed by atoms with Crippen molar-refractivity contribution in [1.29, 1.82) is 0 Å². The summed E-state index contributed by atoms with van der Waals surface area (Å²) in [5.74, 6) is 0.609. The van der Waals surface area contributed by atoms with Crippen LogP contribution in [-0.4, -0.2) is 12.2 Å². The van der Waals surface area contributed by atoms with Crippen molar-refractivity contribution in [3.63, 3.8) is 0 Å². The lowest BCUT2D eigenvalue weighted by Crippen LogP contribution is -2.13. The van der Waals surface area contributed by atoms with Crippen molar-refractivity contribution in [3.05, 3.63) is 31.4 Å². The Hall–Kier alpha value is -1.71. The van der Waals surface area contributed by atoms with Gasteiger partial charge in [0.05, 0.1) is 11.8 Å². The average Bonchev–Trinajstić information content (AvgIpc) is 2.20. The molecule has 0 atom stereocenters. The number of carbonyl (C=O) groups excluding carboxylic acids is 1. The lowest BCUT2D eigenvalue weighted by molar-refractivity contribution is 0.198. The van der Waals surface area contributed by atoms with Crippen LogP contribution in [0.4, 0.5) is 10.5 Å². The summed E-state index contributed by atoms with van der Waals surface area (Å²) in [5.41, 5.74) is 0.569. The number of ether oxygens (including phenoxy) is 2. The van der Waals surface area contributed by atoms with Gasteiger partial charge in [0.2, 0.25) is 0 Å². The lowest BCUT2D eigenvalue weighted by atomic mass is 10.3. The van der Waals surface area contributed by atoms with Gasteiger partial charge in [-0.2, -0.15) is 0 Å². The number of anilines is 1. The van der Waals surface area contributed by atoms with Gasteiger partial charge in [-0.25, -0.2) is 4.79 Å². The highest BCUT2D eigenvalue weighted by Crippen LogP contribution is 2.24. The van der Waals surface area contributed by atoms with Gasteiger partial charge >= 0.3 is 6.09 Å². The van der Waals surface area contributed by atoms with Gasteiger partial charge in [-0.3, -0.25) is 5.32 Å². The minimum absolute atomic E-state index is 0.0451. The zero-order chi connectivity index (χ0) is 11.3. The Morgan fingerprint density at radius 1 is 1.40 bits per heavy atom. The van der Waals surface area contributed by atoms with Crippen LogP contribution in [0.1, 0.15) is 13.8 Å². The molecule has 0 saturated carbocycles. The fourth-order valence-electron chi connectivity index (χ4n) is 1.07. The zero-order valence-electron chi connectivity index (χ0n) is 8.82.